The Labute approximate surface area is 178 Å². The van der Waals surface area contributed by atoms with Crippen molar-refractivity contribution in [1.29, 1.82) is 0 Å². The van der Waals surface area contributed by atoms with Crippen molar-refractivity contribution < 1.29 is 27.5 Å². The largest absolute Gasteiger partial charge is 0.573 e. The van der Waals surface area contributed by atoms with Crippen molar-refractivity contribution in [3.63, 3.8) is 0 Å². The van der Waals surface area contributed by atoms with Crippen molar-refractivity contribution >= 4 is 17.6 Å². The van der Waals surface area contributed by atoms with Gasteiger partial charge in [-0.2, -0.15) is 0 Å². The lowest BCUT2D eigenvalue weighted by Crippen LogP contribution is -2.43. The molecular weight excluding hydrogens is 411 g/mol. The first kappa shape index (κ1) is 22.6. The van der Waals surface area contributed by atoms with Crippen LogP contribution in [0.4, 0.5) is 23.7 Å². The summed E-state index contributed by atoms with van der Waals surface area (Å²) in [5.74, 6) is -0.496. The molecule has 0 aliphatic carbocycles. The number of anilines is 1. The van der Waals surface area contributed by atoms with Gasteiger partial charge in [-0.3, -0.25) is 9.78 Å². The highest BCUT2D eigenvalue weighted by molar-refractivity contribution is 6.22. The van der Waals surface area contributed by atoms with Gasteiger partial charge in [0.2, 0.25) is 0 Å². The number of carbonyl (C=O) groups is 2. The smallest absolute Gasteiger partial charge is 0.406 e. The molecule has 2 aromatic rings. The number of aromatic nitrogens is 1. The molecule has 166 valence electrons. The number of carbonyl (C=O) groups excluding carboxylic acids is 2. The Balaban J connectivity index is 1.87. The van der Waals surface area contributed by atoms with Crippen molar-refractivity contribution in [3.8, 4) is 5.75 Å². The van der Waals surface area contributed by atoms with E-state index < -0.39 is 29.6 Å². The molecule has 1 aliphatic heterocycles. The summed E-state index contributed by atoms with van der Waals surface area (Å²) in [6.45, 7) is 7.68. The number of benzene rings is 1. The molecule has 1 aromatic carbocycles. The second kappa shape index (κ2) is 8.20. The summed E-state index contributed by atoms with van der Waals surface area (Å²) in [4.78, 5) is 32.9. The molecule has 0 spiro atoms. The van der Waals surface area contributed by atoms with Crippen LogP contribution < -0.4 is 9.64 Å². The monoisotopic (exact) mass is 435 g/mol. The molecule has 3 rings (SSSR count). The molecular formula is C22H24F3N3O3. The summed E-state index contributed by atoms with van der Waals surface area (Å²) < 4.78 is 41.0. The molecule has 1 fully saturated rings. The van der Waals surface area contributed by atoms with Gasteiger partial charge in [0.25, 0.3) is 5.91 Å². The zero-order chi connectivity index (χ0) is 23.0. The van der Waals surface area contributed by atoms with Gasteiger partial charge in [0.1, 0.15) is 11.3 Å². The van der Waals surface area contributed by atoms with E-state index in [1.54, 1.807) is 26.2 Å². The molecule has 6 nitrogen and oxygen atoms in total. The molecule has 3 amide bonds. The molecule has 0 bridgehead atoms. The molecule has 9 heteroatoms. The van der Waals surface area contributed by atoms with E-state index in [4.69, 9.17) is 0 Å². The van der Waals surface area contributed by atoms with E-state index in [1.165, 1.54) is 17.0 Å². The maximum atomic E-state index is 13.2. The quantitative estimate of drug-likeness (QED) is 0.604. The van der Waals surface area contributed by atoms with Crippen LogP contribution in [-0.2, 0) is 17.8 Å². The summed E-state index contributed by atoms with van der Waals surface area (Å²) in [6.07, 6.45) is -0.630. The molecule has 1 aliphatic rings. The third-order valence-electron chi connectivity index (χ3n) is 5.11. The number of hydrogen-bond acceptors (Lipinski definition) is 4. The molecule has 2 heterocycles. The van der Waals surface area contributed by atoms with E-state index in [0.717, 1.165) is 34.6 Å². The Kier molecular flexibility index (Phi) is 5.98. The second-order valence-corrected chi connectivity index (χ2v) is 8.35. The second-order valence-electron chi connectivity index (χ2n) is 8.35. The van der Waals surface area contributed by atoms with Crippen LogP contribution in [0, 0.1) is 5.92 Å². The predicted molar refractivity (Wildman–Crippen MR) is 108 cm³/mol. The highest BCUT2D eigenvalue weighted by Crippen LogP contribution is 2.35. The third-order valence-corrected chi connectivity index (χ3v) is 5.11. The number of ether oxygens (including phenoxy) is 1. The number of alkyl halides is 3. The zero-order valence-electron chi connectivity index (χ0n) is 17.7. The molecule has 0 N–H and O–H groups in total. The van der Waals surface area contributed by atoms with Crippen molar-refractivity contribution in [2.75, 3.05) is 4.90 Å². The van der Waals surface area contributed by atoms with Gasteiger partial charge >= 0.3 is 12.4 Å². The van der Waals surface area contributed by atoms with Gasteiger partial charge < -0.3 is 9.64 Å². The Morgan fingerprint density at radius 2 is 1.71 bits per heavy atom. The fourth-order valence-electron chi connectivity index (χ4n) is 3.53. The van der Waals surface area contributed by atoms with Gasteiger partial charge in [0, 0.05) is 18.9 Å². The van der Waals surface area contributed by atoms with Crippen LogP contribution in [0.5, 0.6) is 5.75 Å². The number of imide groups is 1. The topological polar surface area (TPSA) is 62.7 Å². The molecule has 1 saturated heterocycles. The number of halogens is 3. The van der Waals surface area contributed by atoms with E-state index in [2.05, 4.69) is 23.6 Å². The number of nitrogens with zero attached hydrogens (tertiary/aromatic N) is 3. The van der Waals surface area contributed by atoms with Crippen molar-refractivity contribution in [1.82, 2.24) is 9.88 Å². The van der Waals surface area contributed by atoms with Crippen LogP contribution in [0.15, 0.2) is 42.7 Å². The average Bonchev–Trinajstić information content (AvgIpc) is 2.82. The maximum absolute atomic E-state index is 13.2. The third kappa shape index (κ3) is 4.81. The van der Waals surface area contributed by atoms with E-state index in [1.807, 2.05) is 6.07 Å². The van der Waals surface area contributed by atoms with Crippen molar-refractivity contribution in [2.45, 2.75) is 52.6 Å². The number of rotatable bonds is 6. The van der Waals surface area contributed by atoms with E-state index in [-0.39, 0.29) is 12.2 Å². The highest BCUT2D eigenvalue weighted by Gasteiger charge is 2.51. The predicted octanol–water partition coefficient (Wildman–Crippen LogP) is 4.93. The van der Waals surface area contributed by atoms with Crippen LogP contribution in [0.3, 0.4) is 0 Å². The minimum atomic E-state index is -4.82. The maximum Gasteiger partial charge on any atom is 0.573 e. The standard InChI is InChI=1S/C22H24F3N3O3/c1-14(2)11-16-12-26-10-9-15(16)13-27-20(30)28(19(29)21(27,3)4)17-5-7-18(8-6-17)31-22(23,24)25/h5-10,12,14H,11,13H2,1-4H3. The van der Waals surface area contributed by atoms with Crippen LogP contribution >= 0.6 is 0 Å². The fourth-order valence-corrected chi connectivity index (χ4v) is 3.53. The first-order chi connectivity index (χ1) is 14.4. The van der Waals surface area contributed by atoms with Gasteiger partial charge in [-0.05, 0) is 67.6 Å². The fraction of sp³-hybridized carbons (Fsp3) is 0.409. The van der Waals surface area contributed by atoms with Crippen molar-refractivity contribution in [2.24, 2.45) is 5.92 Å². The first-order valence-electron chi connectivity index (χ1n) is 9.84. The minimum Gasteiger partial charge on any atom is -0.406 e. The molecule has 0 saturated carbocycles. The Morgan fingerprint density at radius 1 is 1.06 bits per heavy atom. The van der Waals surface area contributed by atoms with Crippen LogP contribution in [0.1, 0.15) is 38.8 Å². The highest BCUT2D eigenvalue weighted by atomic mass is 19.4. The number of hydrogen-bond donors (Lipinski definition) is 0. The van der Waals surface area contributed by atoms with Crippen LogP contribution in [0.25, 0.3) is 0 Å². The molecule has 0 atom stereocenters. The molecule has 31 heavy (non-hydrogen) atoms. The number of urea groups is 1. The van der Waals surface area contributed by atoms with Crippen molar-refractivity contribution in [3.05, 3.63) is 53.9 Å². The van der Waals surface area contributed by atoms with E-state index >= 15 is 0 Å². The molecule has 0 radical (unpaired) electrons. The number of amides is 3. The Morgan fingerprint density at radius 3 is 2.29 bits per heavy atom. The summed E-state index contributed by atoms with van der Waals surface area (Å²) in [6, 6.07) is 5.95. The van der Waals surface area contributed by atoms with E-state index in [0.29, 0.717) is 5.92 Å². The summed E-state index contributed by atoms with van der Waals surface area (Å²) in [5, 5.41) is 0. The van der Waals surface area contributed by atoms with Gasteiger partial charge in [-0.1, -0.05) is 13.8 Å². The van der Waals surface area contributed by atoms with Gasteiger partial charge in [0.15, 0.2) is 0 Å². The summed E-state index contributed by atoms with van der Waals surface area (Å²) >= 11 is 0. The van der Waals surface area contributed by atoms with Crippen LogP contribution in [0.2, 0.25) is 0 Å². The summed E-state index contributed by atoms with van der Waals surface area (Å²) in [5.41, 5.74) is 0.947. The Bertz CT molecular complexity index is 972. The average molecular weight is 435 g/mol. The zero-order valence-corrected chi connectivity index (χ0v) is 17.7. The lowest BCUT2D eigenvalue weighted by Gasteiger charge is -2.28. The van der Waals surface area contributed by atoms with Gasteiger partial charge in [0.05, 0.1) is 5.69 Å². The van der Waals surface area contributed by atoms with Gasteiger partial charge in [-0.15, -0.1) is 13.2 Å². The lowest BCUT2D eigenvalue weighted by molar-refractivity contribution is -0.274. The Hall–Kier alpha value is -3.10. The lowest BCUT2D eigenvalue weighted by atomic mass is 9.98. The summed E-state index contributed by atoms with van der Waals surface area (Å²) in [7, 11) is 0. The SMILES string of the molecule is CC(C)Cc1cnccc1CN1C(=O)N(c2ccc(OC(F)(F)F)cc2)C(=O)C1(C)C. The van der Waals surface area contributed by atoms with Gasteiger partial charge in [-0.25, -0.2) is 9.69 Å². The first-order valence-corrected chi connectivity index (χ1v) is 9.84. The van der Waals surface area contributed by atoms with E-state index in [9.17, 15) is 22.8 Å². The molecule has 1 aromatic heterocycles. The molecule has 0 unspecified atom stereocenters. The van der Waals surface area contributed by atoms with Crippen LogP contribution in [-0.4, -0.2) is 33.7 Å². The number of pyridine rings is 1. The normalized spacial score (nSPS) is 16.4. The minimum absolute atomic E-state index is 0.178.